The first kappa shape index (κ1) is 19.6. The Bertz CT molecular complexity index is 991. The van der Waals surface area contributed by atoms with Crippen molar-refractivity contribution in [1.82, 2.24) is 14.9 Å². The largest absolute Gasteiger partial charge is 0.462 e. The molecule has 3 aromatic rings. The summed E-state index contributed by atoms with van der Waals surface area (Å²) >= 11 is 2.54. The number of fused-ring (bicyclic) bond motifs is 1. The molecule has 6 nitrogen and oxygen atoms in total. The second-order valence-electron chi connectivity index (χ2n) is 6.96. The number of thiophene rings is 1. The molecule has 0 spiro atoms. The van der Waals surface area contributed by atoms with Crippen LogP contribution >= 0.6 is 23.1 Å². The van der Waals surface area contributed by atoms with Gasteiger partial charge in [-0.25, -0.2) is 13.9 Å². The monoisotopic (exact) mass is 408 g/mol. The van der Waals surface area contributed by atoms with Gasteiger partial charge in [-0.3, -0.25) is 0 Å². The van der Waals surface area contributed by atoms with Crippen LogP contribution in [0.2, 0.25) is 0 Å². The molecule has 144 valence electrons. The van der Waals surface area contributed by atoms with Crippen LogP contribution in [0.25, 0.3) is 10.1 Å². The number of nitrogen functional groups attached to an aromatic ring is 1. The van der Waals surface area contributed by atoms with Crippen molar-refractivity contribution in [1.29, 1.82) is 0 Å². The van der Waals surface area contributed by atoms with E-state index in [0.29, 0.717) is 37.3 Å². The minimum Gasteiger partial charge on any atom is -0.462 e. The van der Waals surface area contributed by atoms with Gasteiger partial charge in [0.15, 0.2) is 5.82 Å². The van der Waals surface area contributed by atoms with Gasteiger partial charge in [0.1, 0.15) is 10.7 Å². The van der Waals surface area contributed by atoms with Crippen LogP contribution in [0.4, 0.5) is 4.39 Å². The van der Waals surface area contributed by atoms with E-state index in [2.05, 4.69) is 10.2 Å². The second kappa shape index (κ2) is 7.47. The molecule has 0 atom stereocenters. The number of esters is 1. The fraction of sp³-hybridized carbons (Fsp3) is 0.389. The highest BCUT2D eigenvalue weighted by Crippen LogP contribution is 2.37. The summed E-state index contributed by atoms with van der Waals surface area (Å²) in [5.41, 5.74) is 0.342. The smallest absolute Gasteiger partial charge is 0.348 e. The fourth-order valence-corrected chi connectivity index (χ4v) is 4.80. The van der Waals surface area contributed by atoms with E-state index in [9.17, 15) is 9.18 Å². The van der Waals surface area contributed by atoms with Crippen LogP contribution in [0.3, 0.4) is 0 Å². The van der Waals surface area contributed by atoms with Crippen LogP contribution in [0.5, 0.6) is 0 Å². The van der Waals surface area contributed by atoms with Crippen molar-refractivity contribution in [2.45, 2.75) is 44.0 Å². The third-order valence-electron chi connectivity index (χ3n) is 3.91. The third-order valence-corrected chi connectivity index (χ3v) is 6.05. The van der Waals surface area contributed by atoms with Crippen molar-refractivity contribution in [2.75, 3.05) is 12.4 Å². The molecule has 0 radical (unpaired) electrons. The first-order valence-corrected chi connectivity index (χ1v) is 10.2. The number of benzene rings is 1. The summed E-state index contributed by atoms with van der Waals surface area (Å²) < 4.78 is 21.8. The normalized spacial score (nSPS) is 11.9. The van der Waals surface area contributed by atoms with E-state index in [-0.39, 0.29) is 17.8 Å². The zero-order valence-corrected chi connectivity index (χ0v) is 17.2. The van der Waals surface area contributed by atoms with Crippen molar-refractivity contribution < 1.29 is 13.9 Å². The van der Waals surface area contributed by atoms with E-state index in [1.165, 1.54) is 33.8 Å². The molecule has 2 heterocycles. The molecule has 3 rings (SSSR count). The first-order valence-electron chi connectivity index (χ1n) is 8.44. The molecule has 2 aromatic heterocycles. The zero-order valence-electron chi connectivity index (χ0n) is 15.6. The van der Waals surface area contributed by atoms with Crippen LogP contribution in [0, 0.1) is 5.82 Å². The van der Waals surface area contributed by atoms with Crippen LogP contribution in [-0.2, 0) is 15.9 Å². The molecule has 0 bridgehead atoms. The van der Waals surface area contributed by atoms with Crippen molar-refractivity contribution in [3.05, 3.63) is 40.3 Å². The summed E-state index contributed by atoms with van der Waals surface area (Å²) in [4.78, 5) is 12.8. The van der Waals surface area contributed by atoms with Gasteiger partial charge in [0, 0.05) is 21.3 Å². The number of nitrogens with two attached hydrogens (primary N) is 1. The van der Waals surface area contributed by atoms with Gasteiger partial charge in [0.25, 0.3) is 0 Å². The highest BCUT2D eigenvalue weighted by molar-refractivity contribution is 7.98. The van der Waals surface area contributed by atoms with Crippen LogP contribution < -0.4 is 5.84 Å². The molecule has 0 amide bonds. The number of carbonyl (C=O) groups excluding carboxylic acids is 1. The van der Waals surface area contributed by atoms with E-state index >= 15 is 0 Å². The van der Waals surface area contributed by atoms with Gasteiger partial charge in [0.2, 0.25) is 5.16 Å². The number of thioether (sulfide) groups is 1. The number of halogens is 1. The lowest BCUT2D eigenvalue weighted by Gasteiger charge is -2.16. The molecular weight excluding hydrogens is 387 g/mol. The van der Waals surface area contributed by atoms with Crippen molar-refractivity contribution in [3.63, 3.8) is 0 Å². The van der Waals surface area contributed by atoms with Gasteiger partial charge in [-0.2, -0.15) is 0 Å². The topological polar surface area (TPSA) is 83.0 Å². The number of hydrogen-bond donors (Lipinski definition) is 1. The Morgan fingerprint density at radius 1 is 1.37 bits per heavy atom. The number of rotatable bonds is 5. The predicted molar refractivity (Wildman–Crippen MR) is 106 cm³/mol. The van der Waals surface area contributed by atoms with Crippen LogP contribution in [-0.4, -0.2) is 27.4 Å². The van der Waals surface area contributed by atoms with Gasteiger partial charge in [0.05, 0.1) is 6.61 Å². The van der Waals surface area contributed by atoms with E-state index in [1.807, 2.05) is 20.8 Å². The second-order valence-corrected chi connectivity index (χ2v) is 8.95. The molecular formula is C18H21FN4O2S2. The van der Waals surface area contributed by atoms with E-state index < -0.39 is 5.97 Å². The molecule has 0 unspecified atom stereocenters. The predicted octanol–water partition coefficient (Wildman–Crippen LogP) is 4.11. The molecule has 27 heavy (non-hydrogen) atoms. The number of nitrogens with zero attached hydrogens (tertiary/aromatic N) is 3. The molecule has 2 N–H and O–H groups in total. The Morgan fingerprint density at radius 3 is 2.74 bits per heavy atom. The lowest BCUT2D eigenvalue weighted by molar-refractivity contribution is 0.0531. The van der Waals surface area contributed by atoms with Gasteiger partial charge in [-0.05, 0) is 24.6 Å². The van der Waals surface area contributed by atoms with Gasteiger partial charge in [-0.15, -0.1) is 21.5 Å². The van der Waals surface area contributed by atoms with E-state index in [4.69, 9.17) is 10.6 Å². The standard InChI is InChI=1S/C18H21FN4O2S2/c1-5-25-15(24)14-10(13-11(19)7-6-8-12(13)27-14)9-26-17-22-21-16(23(17)20)18(2,3)4/h6-8H,5,9,20H2,1-4H3. The fourth-order valence-electron chi connectivity index (χ4n) is 2.69. The maximum atomic E-state index is 14.5. The first-order chi connectivity index (χ1) is 12.7. The Hall–Kier alpha value is -2.13. The Labute approximate surface area is 164 Å². The Morgan fingerprint density at radius 2 is 2.11 bits per heavy atom. The molecule has 9 heteroatoms. The molecule has 0 aliphatic heterocycles. The third kappa shape index (κ3) is 3.79. The lowest BCUT2D eigenvalue weighted by Crippen LogP contribution is -2.24. The molecule has 0 saturated carbocycles. The van der Waals surface area contributed by atoms with Gasteiger partial charge in [-0.1, -0.05) is 38.6 Å². The van der Waals surface area contributed by atoms with Crippen LogP contribution in [0.1, 0.15) is 48.8 Å². The Kier molecular flexibility index (Phi) is 5.43. The zero-order chi connectivity index (χ0) is 19.8. The number of aromatic nitrogens is 3. The number of hydrogen-bond acceptors (Lipinski definition) is 7. The summed E-state index contributed by atoms with van der Waals surface area (Å²) in [6.07, 6.45) is 0. The van der Waals surface area contributed by atoms with Crippen LogP contribution in [0.15, 0.2) is 23.4 Å². The average Bonchev–Trinajstić information content (AvgIpc) is 3.14. The van der Waals surface area contributed by atoms with E-state index in [1.54, 1.807) is 19.1 Å². The highest BCUT2D eigenvalue weighted by atomic mass is 32.2. The van der Waals surface area contributed by atoms with E-state index in [0.717, 1.165) is 0 Å². The Balaban J connectivity index is 1.98. The minimum atomic E-state index is -0.446. The van der Waals surface area contributed by atoms with Crippen molar-refractivity contribution >= 4 is 39.2 Å². The highest BCUT2D eigenvalue weighted by Gasteiger charge is 2.25. The summed E-state index contributed by atoms with van der Waals surface area (Å²) in [5.74, 6) is 6.30. The van der Waals surface area contributed by atoms with Gasteiger partial charge >= 0.3 is 5.97 Å². The summed E-state index contributed by atoms with van der Waals surface area (Å²) in [5, 5.41) is 9.24. The van der Waals surface area contributed by atoms with Crippen molar-refractivity contribution in [3.8, 4) is 0 Å². The molecule has 1 aromatic carbocycles. The number of ether oxygens (including phenoxy) is 1. The molecule has 0 fully saturated rings. The SMILES string of the molecule is CCOC(=O)c1sc2cccc(F)c2c1CSc1nnc(C(C)(C)C)n1N. The molecule has 0 saturated heterocycles. The summed E-state index contributed by atoms with van der Waals surface area (Å²) in [6, 6.07) is 4.82. The summed E-state index contributed by atoms with van der Waals surface area (Å²) in [7, 11) is 0. The number of carbonyl (C=O) groups is 1. The minimum absolute atomic E-state index is 0.252. The molecule has 0 aliphatic carbocycles. The molecule has 0 aliphatic rings. The maximum absolute atomic E-state index is 14.5. The summed E-state index contributed by atoms with van der Waals surface area (Å²) in [6.45, 7) is 7.99. The lowest BCUT2D eigenvalue weighted by atomic mass is 9.96. The average molecular weight is 409 g/mol. The quantitative estimate of drug-likeness (QED) is 0.389. The maximum Gasteiger partial charge on any atom is 0.348 e. The van der Waals surface area contributed by atoms with Gasteiger partial charge < -0.3 is 10.6 Å². The van der Waals surface area contributed by atoms with Crippen molar-refractivity contribution in [2.24, 2.45) is 0 Å².